The summed E-state index contributed by atoms with van der Waals surface area (Å²) in [4.78, 5) is 18.4. The van der Waals surface area contributed by atoms with Gasteiger partial charge in [-0.25, -0.2) is 0 Å². The van der Waals surface area contributed by atoms with Gasteiger partial charge in [0.2, 0.25) is 0 Å². The average molecular weight is 499 g/mol. The fourth-order valence-corrected chi connectivity index (χ4v) is 10.2. The molecule has 0 aromatic carbocycles. The Bertz CT molecular complexity index is 976. The molecule has 0 bridgehead atoms. The second kappa shape index (κ2) is 9.40. The first-order valence-corrected chi connectivity index (χ1v) is 17.3. The zero-order chi connectivity index (χ0) is 24.7. The van der Waals surface area contributed by atoms with E-state index in [9.17, 15) is 0 Å². The summed E-state index contributed by atoms with van der Waals surface area (Å²) < 4.78 is 0. The smallest absolute Gasteiger partial charge is 0.0933 e. The molecule has 0 spiro atoms. The second-order valence-electron chi connectivity index (χ2n) is 12.0. The van der Waals surface area contributed by atoms with Gasteiger partial charge in [-0.1, -0.05) is 80.4 Å². The van der Waals surface area contributed by atoms with Crippen molar-refractivity contribution in [2.45, 2.75) is 83.1 Å². The van der Waals surface area contributed by atoms with Crippen LogP contribution in [-0.4, -0.2) is 44.5 Å². The Balaban J connectivity index is 2.25. The lowest BCUT2D eigenvalue weighted by molar-refractivity contribution is 0.705. The third-order valence-electron chi connectivity index (χ3n) is 6.43. The minimum absolute atomic E-state index is 0.254. The maximum atomic E-state index is 4.78. The van der Waals surface area contributed by atoms with Crippen LogP contribution in [0.15, 0.2) is 59.6 Å². The molecule has 2 aromatic rings. The summed E-state index contributed by atoms with van der Waals surface area (Å²) in [6.45, 7) is 21.8. The number of allylic oxidation sites excluding steroid dienone is 4. The van der Waals surface area contributed by atoms with Crippen molar-refractivity contribution in [1.29, 1.82) is 0 Å². The van der Waals surface area contributed by atoms with Gasteiger partial charge in [0.15, 0.2) is 0 Å². The van der Waals surface area contributed by atoms with E-state index in [1.807, 2.05) is 12.4 Å². The van der Waals surface area contributed by atoms with Gasteiger partial charge in [0.1, 0.15) is 0 Å². The molecule has 0 aliphatic heterocycles. The monoisotopic (exact) mass is 498 g/mol. The van der Waals surface area contributed by atoms with Crippen molar-refractivity contribution in [3.8, 4) is 0 Å². The van der Waals surface area contributed by atoms with Gasteiger partial charge in [0.05, 0.1) is 37.0 Å². The van der Waals surface area contributed by atoms with E-state index in [2.05, 4.69) is 86.5 Å². The molecule has 178 valence electrons. The van der Waals surface area contributed by atoms with Gasteiger partial charge in [-0.05, 0) is 34.0 Å². The molecule has 1 unspecified atom stereocenters. The minimum Gasteiger partial charge on any atom is -0.261 e. The Hall–Kier alpha value is -1.28. The van der Waals surface area contributed by atoms with Crippen LogP contribution in [0.5, 0.6) is 0 Å². The molecule has 0 fully saturated rings. The standard InChI is InChI=1S/C26H40N4P2Si/c1-24(2,3)32(25(4,5)6)18-19-14-20(33(7,8)9)15-21(19)26(31,22-16-27-10-12-29-22)23-17-28-11-13-30-23/h10-14,16-17H,15,18,31H2,1-9H3. The highest BCUT2D eigenvalue weighted by atomic mass is 31.1. The van der Waals surface area contributed by atoms with Crippen LogP contribution in [-0.2, 0) is 5.16 Å². The molecule has 2 aromatic heterocycles. The van der Waals surface area contributed by atoms with Crippen LogP contribution in [0.1, 0.15) is 59.4 Å². The first-order valence-electron chi connectivity index (χ1n) is 11.7. The van der Waals surface area contributed by atoms with Crippen molar-refractivity contribution < 1.29 is 0 Å². The van der Waals surface area contributed by atoms with E-state index >= 15 is 0 Å². The van der Waals surface area contributed by atoms with Gasteiger partial charge in [0.25, 0.3) is 0 Å². The van der Waals surface area contributed by atoms with Gasteiger partial charge in [-0.15, -0.1) is 9.24 Å². The topological polar surface area (TPSA) is 51.6 Å². The first kappa shape index (κ1) is 26.3. The molecule has 7 heteroatoms. The molecule has 33 heavy (non-hydrogen) atoms. The van der Waals surface area contributed by atoms with Crippen molar-refractivity contribution in [2.24, 2.45) is 0 Å². The van der Waals surface area contributed by atoms with Gasteiger partial charge in [0, 0.05) is 24.8 Å². The van der Waals surface area contributed by atoms with Gasteiger partial charge >= 0.3 is 0 Å². The summed E-state index contributed by atoms with van der Waals surface area (Å²) in [7, 11) is 1.35. The van der Waals surface area contributed by atoms with Crippen molar-refractivity contribution >= 4 is 25.2 Å². The van der Waals surface area contributed by atoms with Crippen LogP contribution < -0.4 is 0 Å². The van der Waals surface area contributed by atoms with E-state index in [4.69, 9.17) is 9.97 Å². The molecule has 0 radical (unpaired) electrons. The molecule has 0 saturated heterocycles. The molecule has 4 nitrogen and oxygen atoms in total. The fourth-order valence-electron chi connectivity index (χ4n) is 4.76. The summed E-state index contributed by atoms with van der Waals surface area (Å²) in [6, 6.07) is 0. The Morgan fingerprint density at radius 2 is 1.33 bits per heavy atom. The zero-order valence-corrected chi connectivity index (χ0v) is 24.8. The van der Waals surface area contributed by atoms with Crippen molar-refractivity contribution in [2.75, 3.05) is 6.16 Å². The number of hydrogen-bond acceptors (Lipinski definition) is 4. The largest absolute Gasteiger partial charge is 0.261 e. The fraction of sp³-hybridized carbons (Fsp3) is 0.538. The summed E-state index contributed by atoms with van der Waals surface area (Å²) in [5, 5.41) is 1.56. The zero-order valence-electron chi connectivity index (χ0n) is 21.8. The van der Waals surface area contributed by atoms with Crippen LogP contribution in [0.3, 0.4) is 0 Å². The van der Waals surface area contributed by atoms with Crippen LogP contribution in [0.25, 0.3) is 0 Å². The van der Waals surface area contributed by atoms with Crippen LogP contribution >= 0.6 is 17.2 Å². The Morgan fingerprint density at radius 3 is 1.70 bits per heavy atom. The highest BCUT2D eigenvalue weighted by Gasteiger charge is 2.44. The Labute approximate surface area is 205 Å². The molecule has 0 saturated carbocycles. The summed E-state index contributed by atoms with van der Waals surface area (Å²) >= 11 is 0. The molecule has 1 atom stereocenters. The van der Waals surface area contributed by atoms with Crippen molar-refractivity contribution in [3.63, 3.8) is 0 Å². The molecular formula is C26H40N4P2Si. The Morgan fingerprint density at radius 1 is 0.848 bits per heavy atom. The van der Waals surface area contributed by atoms with E-state index in [0.717, 1.165) is 24.0 Å². The number of aromatic nitrogens is 4. The molecule has 1 aliphatic rings. The SMILES string of the molecule is CC(C)(C)P(CC1=C(C(P)(c2cnccn2)c2cnccn2)CC([Si](C)(C)C)=C1)C(C)(C)C. The molecule has 0 N–H and O–H groups in total. The van der Waals surface area contributed by atoms with E-state index in [0.29, 0.717) is 0 Å². The van der Waals surface area contributed by atoms with E-state index in [1.165, 1.54) is 11.1 Å². The molecule has 0 amide bonds. The summed E-state index contributed by atoms with van der Waals surface area (Å²) in [5.74, 6) is 0. The molecule has 2 heterocycles. The minimum atomic E-state index is -1.49. The number of hydrogen-bond donors (Lipinski definition) is 0. The average Bonchev–Trinajstić information content (AvgIpc) is 3.16. The summed E-state index contributed by atoms with van der Waals surface area (Å²) in [6.07, 6.45) is 15.4. The highest BCUT2D eigenvalue weighted by molar-refractivity contribution is 7.61. The lowest BCUT2D eigenvalue weighted by atomic mass is 9.88. The van der Waals surface area contributed by atoms with Crippen molar-refractivity contribution in [1.82, 2.24) is 19.9 Å². The van der Waals surface area contributed by atoms with Crippen LogP contribution in [0.4, 0.5) is 0 Å². The third-order valence-corrected chi connectivity index (χ3v) is 13.5. The number of nitrogens with zero attached hydrogens (tertiary/aromatic N) is 4. The lowest BCUT2D eigenvalue weighted by Gasteiger charge is -2.42. The third kappa shape index (κ3) is 5.69. The van der Waals surface area contributed by atoms with Crippen LogP contribution in [0, 0.1) is 0 Å². The molecular weight excluding hydrogens is 458 g/mol. The Kier molecular flexibility index (Phi) is 7.50. The maximum absolute atomic E-state index is 4.78. The van der Waals surface area contributed by atoms with E-state index in [-0.39, 0.29) is 18.2 Å². The lowest BCUT2D eigenvalue weighted by Crippen LogP contribution is -2.30. The molecule has 3 rings (SSSR count). The van der Waals surface area contributed by atoms with Gasteiger partial charge in [-0.3, -0.25) is 19.9 Å². The van der Waals surface area contributed by atoms with Gasteiger partial charge in [-0.2, -0.15) is 0 Å². The maximum Gasteiger partial charge on any atom is 0.0933 e. The first-order chi connectivity index (χ1) is 15.1. The van der Waals surface area contributed by atoms with E-state index < -0.39 is 13.2 Å². The van der Waals surface area contributed by atoms with E-state index in [1.54, 1.807) is 30.0 Å². The van der Waals surface area contributed by atoms with Crippen molar-refractivity contribution in [3.05, 3.63) is 71.0 Å². The van der Waals surface area contributed by atoms with Gasteiger partial charge < -0.3 is 0 Å². The second-order valence-corrected chi connectivity index (χ2v) is 21.9. The predicted octanol–water partition coefficient (Wildman–Crippen LogP) is 6.97. The normalized spacial score (nSPS) is 15.9. The molecule has 1 aliphatic carbocycles. The highest BCUT2D eigenvalue weighted by Crippen LogP contribution is 2.62. The predicted molar refractivity (Wildman–Crippen MR) is 149 cm³/mol. The van der Waals surface area contributed by atoms with Crippen LogP contribution in [0.2, 0.25) is 19.6 Å². The number of rotatable bonds is 6. The quantitative estimate of drug-likeness (QED) is 0.319. The summed E-state index contributed by atoms with van der Waals surface area (Å²) in [5.41, 5.74) is 4.68.